The molecule has 7 heteroatoms. The van der Waals surface area contributed by atoms with Gasteiger partial charge in [0.15, 0.2) is 5.16 Å². The molecule has 0 aliphatic carbocycles. The average Bonchev–Trinajstić information content (AvgIpc) is 3.07. The van der Waals surface area contributed by atoms with Crippen molar-refractivity contribution in [1.82, 2.24) is 14.5 Å². The fourth-order valence-corrected chi connectivity index (χ4v) is 4.43. The van der Waals surface area contributed by atoms with Gasteiger partial charge < -0.3 is 4.90 Å². The molecule has 3 aromatic rings. The summed E-state index contributed by atoms with van der Waals surface area (Å²) in [5.41, 5.74) is 1.63. The van der Waals surface area contributed by atoms with Gasteiger partial charge in [0.2, 0.25) is 5.91 Å². The van der Waals surface area contributed by atoms with Gasteiger partial charge in [0.05, 0.1) is 11.3 Å². The zero-order chi connectivity index (χ0) is 18.7. The van der Waals surface area contributed by atoms with Crippen molar-refractivity contribution < 1.29 is 4.79 Å². The van der Waals surface area contributed by atoms with Crippen molar-refractivity contribution >= 4 is 39.2 Å². The van der Waals surface area contributed by atoms with Crippen LogP contribution in [0.3, 0.4) is 0 Å². The minimum atomic E-state index is -0.0955. The maximum absolute atomic E-state index is 12.9. The summed E-state index contributed by atoms with van der Waals surface area (Å²) in [6.07, 6.45) is 1.67. The van der Waals surface area contributed by atoms with Crippen molar-refractivity contribution in [3.8, 4) is 10.4 Å². The molecule has 134 valence electrons. The number of aromatic nitrogens is 2. The van der Waals surface area contributed by atoms with Crippen molar-refractivity contribution in [3.63, 3.8) is 0 Å². The molecule has 2 aromatic heterocycles. The summed E-state index contributed by atoms with van der Waals surface area (Å²) in [4.78, 5) is 32.0. The number of benzene rings is 1. The molecule has 0 aliphatic heterocycles. The van der Waals surface area contributed by atoms with Gasteiger partial charge in [0.1, 0.15) is 4.70 Å². The number of nitrogens with zero attached hydrogens (tertiary/aromatic N) is 3. The van der Waals surface area contributed by atoms with Crippen LogP contribution in [0.4, 0.5) is 0 Å². The lowest BCUT2D eigenvalue weighted by atomic mass is 10.2. The fraction of sp³-hybridized carbons (Fsp3) is 0.211. The summed E-state index contributed by atoms with van der Waals surface area (Å²) in [6, 6.07) is 11.9. The number of thiophene rings is 1. The molecule has 0 saturated heterocycles. The molecule has 0 spiro atoms. The molecule has 1 amide bonds. The van der Waals surface area contributed by atoms with Gasteiger partial charge in [-0.1, -0.05) is 48.2 Å². The number of carbonyl (C=O) groups excluding carboxylic acids is 1. The average molecular weight is 386 g/mol. The molecule has 2 heterocycles. The normalized spacial score (nSPS) is 10.8. The van der Waals surface area contributed by atoms with Gasteiger partial charge in [-0.3, -0.25) is 14.2 Å². The van der Waals surface area contributed by atoms with E-state index in [-0.39, 0.29) is 17.2 Å². The van der Waals surface area contributed by atoms with Crippen molar-refractivity contribution in [2.45, 2.75) is 11.7 Å². The number of amides is 1. The summed E-state index contributed by atoms with van der Waals surface area (Å²) in [6.45, 7) is 4.09. The van der Waals surface area contributed by atoms with E-state index in [9.17, 15) is 9.59 Å². The third kappa shape index (κ3) is 3.73. The van der Waals surface area contributed by atoms with Crippen molar-refractivity contribution in [2.75, 3.05) is 19.8 Å². The summed E-state index contributed by atoms with van der Waals surface area (Å²) < 4.78 is 2.20. The van der Waals surface area contributed by atoms with Crippen molar-refractivity contribution in [2.24, 2.45) is 0 Å². The Balaban J connectivity index is 2.06. The second-order valence-corrected chi connectivity index (χ2v) is 7.86. The number of hydrogen-bond acceptors (Lipinski definition) is 5. The highest BCUT2D eigenvalue weighted by Crippen LogP contribution is 2.31. The molecule has 0 saturated carbocycles. The first-order valence-electron chi connectivity index (χ1n) is 8.05. The fourth-order valence-electron chi connectivity index (χ4n) is 2.39. The Morgan fingerprint density at radius 1 is 1.35 bits per heavy atom. The molecule has 0 N–H and O–H groups in total. The highest BCUT2D eigenvalue weighted by Gasteiger charge is 2.16. The van der Waals surface area contributed by atoms with Crippen LogP contribution in [-0.4, -0.2) is 40.2 Å². The van der Waals surface area contributed by atoms with Crippen LogP contribution in [0.1, 0.15) is 0 Å². The Labute approximate surface area is 160 Å². The summed E-state index contributed by atoms with van der Waals surface area (Å²) in [5.74, 6) is 0.211. The predicted octanol–water partition coefficient (Wildman–Crippen LogP) is 3.49. The summed E-state index contributed by atoms with van der Waals surface area (Å²) >= 11 is 2.72. The molecule has 26 heavy (non-hydrogen) atoms. The first kappa shape index (κ1) is 18.4. The van der Waals surface area contributed by atoms with Crippen LogP contribution >= 0.6 is 23.1 Å². The number of rotatable bonds is 6. The molecule has 0 aliphatic rings. The first-order valence-corrected chi connectivity index (χ1v) is 9.85. The number of thioether (sulfide) groups is 1. The third-order valence-electron chi connectivity index (χ3n) is 3.79. The van der Waals surface area contributed by atoms with Crippen LogP contribution in [0, 0.1) is 0 Å². The van der Waals surface area contributed by atoms with Crippen LogP contribution in [0.2, 0.25) is 0 Å². The number of fused-ring (bicyclic) bond motifs is 1. The van der Waals surface area contributed by atoms with Crippen molar-refractivity contribution in [1.29, 1.82) is 0 Å². The van der Waals surface area contributed by atoms with E-state index in [0.29, 0.717) is 21.9 Å². The Hall–Kier alpha value is -2.38. The molecule has 5 nitrogen and oxygen atoms in total. The largest absolute Gasteiger partial charge is 0.348 e. The third-order valence-corrected chi connectivity index (χ3v) is 5.91. The van der Waals surface area contributed by atoms with Gasteiger partial charge in [0.25, 0.3) is 5.56 Å². The Bertz CT molecular complexity index is 1010. The zero-order valence-corrected chi connectivity index (χ0v) is 16.3. The van der Waals surface area contributed by atoms with E-state index in [4.69, 9.17) is 0 Å². The van der Waals surface area contributed by atoms with Gasteiger partial charge in [-0.05, 0) is 11.6 Å². The highest BCUT2D eigenvalue weighted by atomic mass is 32.2. The Morgan fingerprint density at radius 2 is 2.08 bits per heavy atom. The maximum atomic E-state index is 12.9. The monoisotopic (exact) mass is 385 g/mol. The molecule has 0 radical (unpaired) electrons. The van der Waals surface area contributed by atoms with Gasteiger partial charge in [-0.25, -0.2) is 4.98 Å². The standard InChI is InChI=1S/C19H19N3O2S2/c1-4-10-22-18(24)17-14(20-19(22)25-12-16(23)21(2)3)11-15(26-17)13-8-6-5-7-9-13/h4-9,11H,1,10,12H2,2-3H3. The quantitative estimate of drug-likeness (QED) is 0.370. The minimum absolute atomic E-state index is 0.0233. The van der Waals surface area contributed by atoms with E-state index in [1.54, 1.807) is 24.7 Å². The van der Waals surface area contributed by atoms with Crippen LogP contribution < -0.4 is 5.56 Å². The Morgan fingerprint density at radius 3 is 2.73 bits per heavy atom. The van der Waals surface area contributed by atoms with Gasteiger partial charge in [-0.15, -0.1) is 17.9 Å². The lowest BCUT2D eigenvalue weighted by Gasteiger charge is -2.12. The number of carbonyl (C=O) groups is 1. The lowest BCUT2D eigenvalue weighted by Crippen LogP contribution is -2.25. The number of hydrogen-bond donors (Lipinski definition) is 0. The van der Waals surface area contributed by atoms with E-state index in [0.717, 1.165) is 10.4 Å². The second-order valence-electron chi connectivity index (χ2n) is 5.87. The Kier molecular flexibility index (Phi) is 5.58. The zero-order valence-electron chi connectivity index (χ0n) is 14.6. The summed E-state index contributed by atoms with van der Waals surface area (Å²) in [5, 5.41) is 0.537. The molecule has 3 rings (SSSR count). The first-order chi connectivity index (χ1) is 12.5. The van der Waals surface area contributed by atoms with Crippen molar-refractivity contribution in [3.05, 3.63) is 59.4 Å². The van der Waals surface area contributed by atoms with E-state index < -0.39 is 0 Å². The molecule has 0 unspecified atom stereocenters. The van der Waals surface area contributed by atoms with Gasteiger partial charge in [0, 0.05) is 25.5 Å². The highest BCUT2D eigenvalue weighted by molar-refractivity contribution is 7.99. The molecule has 0 fully saturated rings. The van der Waals surface area contributed by atoms with E-state index in [1.807, 2.05) is 36.4 Å². The van der Waals surface area contributed by atoms with Crippen LogP contribution in [-0.2, 0) is 11.3 Å². The summed E-state index contributed by atoms with van der Waals surface area (Å²) in [7, 11) is 3.42. The van der Waals surface area contributed by atoms with E-state index >= 15 is 0 Å². The lowest BCUT2D eigenvalue weighted by molar-refractivity contribution is -0.125. The minimum Gasteiger partial charge on any atom is -0.348 e. The maximum Gasteiger partial charge on any atom is 0.272 e. The molecular weight excluding hydrogens is 366 g/mol. The predicted molar refractivity (Wildman–Crippen MR) is 109 cm³/mol. The molecule has 1 aromatic carbocycles. The van der Waals surface area contributed by atoms with E-state index in [1.165, 1.54) is 28.0 Å². The molecular formula is C19H19N3O2S2. The smallest absolute Gasteiger partial charge is 0.272 e. The van der Waals surface area contributed by atoms with Crippen LogP contribution in [0.5, 0.6) is 0 Å². The molecule has 0 atom stereocenters. The number of allylic oxidation sites excluding steroid dienone is 1. The second kappa shape index (κ2) is 7.88. The van der Waals surface area contributed by atoms with Crippen LogP contribution in [0.25, 0.3) is 20.7 Å². The molecule has 0 bridgehead atoms. The topological polar surface area (TPSA) is 55.2 Å². The van der Waals surface area contributed by atoms with Gasteiger partial charge >= 0.3 is 0 Å². The van der Waals surface area contributed by atoms with E-state index in [2.05, 4.69) is 11.6 Å². The SMILES string of the molecule is C=CCn1c(SCC(=O)N(C)C)nc2cc(-c3ccccc3)sc2c1=O. The van der Waals surface area contributed by atoms with Crippen LogP contribution in [0.15, 0.2) is 59.0 Å². The van der Waals surface area contributed by atoms with Gasteiger partial charge in [-0.2, -0.15) is 0 Å².